The standard InChI is InChI=1S/C16H19N5O3/c1-23-7-8-24-16-19-14(17)13-15(20-16)21(10-18-13)12(9-22)11-5-3-2-4-6-11/h2-6,10,12,22H,7-9H2,1H3,(H2,17,19,20). The van der Waals surface area contributed by atoms with E-state index in [4.69, 9.17) is 15.2 Å². The molecule has 0 amide bonds. The molecule has 1 atom stereocenters. The van der Waals surface area contributed by atoms with Gasteiger partial charge < -0.3 is 24.9 Å². The highest BCUT2D eigenvalue weighted by atomic mass is 16.5. The molecule has 2 aromatic heterocycles. The van der Waals surface area contributed by atoms with Gasteiger partial charge in [0.25, 0.3) is 0 Å². The second kappa shape index (κ2) is 7.24. The van der Waals surface area contributed by atoms with Crippen molar-refractivity contribution < 1.29 is 14.6 Å². The van der Waals surface area contributed by atoms with Crippen molar-refractivity contribution >= 4 is 17.0 Å². The summed E-state index contributed by atoms with van der Waals surface area (Å²) in [4.78, 5) is 12.7. The monoisotopic (exact) mass is 329 g/mol. The Kier molecular flexibility index (Phi) is 4.88. The number of hydrogen-bond acceptors (Lipinski definition) is 7. The average molecular weight is 329 g/mol. The van der Waals surface area contributed by atoms with Gasteiger partial charge in [-0.05, 0) is 5.56 Å². The Bertz CT molecular complexity index is 806. The fourth-order valence-electron chi connectivity index (χ4n) is 2.46. The molecule has 3 aromatic rings. The molecular formula is C16H19N5O3. The van der Waals surface area contributed by atoms with Crippen molar-refractivity contribution in [1.29, 1.82) is 0 Å². The molecular weight excluding hydrogens is 310 g/mol. The van der Waals surface area contributed by atoms with Crippen LogP contribution in [0.15, 0.2) is 36.7 Å². The van der Waals surface area contributed by atoms with E-state index in [1.54, 1.807) is 18.0 Å². The molecule has 1 aromatic carbocycles. The Balaban J connectivity index is 2.01. The number of nitrogen functional groups attached to an aromatic ring is 1. The summed E-state index contributed by atoms with van der Waals surface area (Å²) in [5.74, 6) is 0.232. The lowest BCUT2D eigenvalue weighted by atomic mass is 10.1. The fourth-order valence-corrected chi connectivity index (χ4v) is 2.46. The fraction of sp³-hybridized carbons (Fsp3) is 0.312. The van der Waals surface area contributed by atoms with Crippen molar-refractivity contribution in [2.75, 3.05) is 32.7 Å². The minimum Gasteiger partial charge on any atom is -0.461 e. The van der Waals surface area contributed by atoms with Crippen LogP contribution in [-0.4, -0.2) is 51.6 Å². The topological polar surface area (TPSA) is 108 Å². The van der Waals surface area contributed by atoms with Crippen molar-refractivity contribution in [2.45, 2.75) is 6.04 Å². The molecule has 0 aliphatic carbocycles. The van der Waals surface area contributed by atoms with Crippen LogP contribution >= 0.6 is 0 Å². The number of aliphatic hydroxyl groups is 1. The van der Waals surface area contributed by atoms with E-state index in [0.717, 1.165) is 5.56 Å². The SMILES string of the molecule is COCCOc1nc(N)c2ncn(C(CO)c3ccccc3)c2n1. The third-order valence-corrected chi connectivity index (χ3v) is 3.64. The predicted molar refractivity (Wildman–Crippen MR) is 88.8 cm³/mol. The third-order valence-electron chi connectivity index (χ3n) is 3.64. The predicted octanol–water partition coefficient (Wildman–Crippen LogP) is 1.02. The average Bonchev–Trinajstić information content (AvgIpc) is 3.01. The Morgan fingerprint density at radius 3 is 2.71 bits per heavy atom. The largest absolute Gasteiger partial charge is 0.461 e. The maximum Gasteiger partial charge on any atom is 0.320 e. The molecule has 8 heteroatoms. The Labute approximate surface area is 138 Å². The Morgan fingerprint density at radius 2 is 2.00 bits per heavy atom. The van der Waals surface area contributed by atoms with E-state index in [1.165, 1.54) is 0 Å². The van der Waals surface area contributed by atoms with Gasteiger partial charge in [0.05, 0.1) is 25.6 Å². The molecule has 0 fully saturated rings. The summed E-state index contributed by atoms with van der Waals surface area (Å²) >= 11 is 0. The number of nitrogens with zero attached hydrogens (tertiary/aromatic N) is 4. The van der Waals surface area contributed by atoms with E-state index in [0.29, 0.717) is 24.4 Å². The second-order valence-electron chi connectivity index (χ2n) is 5.17. The molecule has 0 aliphatic heterocycles. The van der Waals surface area contributed by atoms with Gasteiger partial charge in [-0.15, -0.1) is 0 Å². The minimum absolute atomic E-state index is 0.0980. The number of fused-ring (bicyclic) bond motifs is 1. The first-order chi connectivity index (χ1) is 11.7. The van der Waals surface area contributed by atoms with E-state index in [9.17, 15) is 5.11 Å². The van der Waals surface area contributed by atoms with Gasteiger partial charge in [0.2, 0.25) is 0 Å². The van der Waals surface area contributed by atoms with Crippen molar-refractivity contribution in [3.8, 4) is 6.01 Å². The third kappa shape index (κ3) is 3.15. The Morgan fingerprint density at radius 1 is 1.21 bits per heavy atom. The zero-order chi connectivity index (χ0) is 16.9. The van der Waals surface area contributed by atoms with E-state index >= 15 is 0 Å². The zero-order valence-corrected chi connectivity index (χ0v) is 13.3. The first kappa shape index (κ1) is 16.2. The molecule has 8 nitrogen and oxygen atoms in total. The number of anilines is 1. The number of ether oxygens (including phenoxy) is 2. The number of hydrogen-bond donors (Lipinski definition) is 2. The molecule has 0 saturated carbocycles. The van der Waals surface area contributed by atoms with Crippen LogP contribution in [0.5, 0.6) is 6.01 Å². The summed E-state index contributed by atoms with van der Waals surface area (Å²) < 4.78 is 12.2. The van der Waals surface area contributed by atoms with E-state index in [-0.39, 0.29) is 24.5 Å². The molecule has 1 unspecified atom stereocenters. The lowest BCUT2D eigenvalue weighted by Crippen LogP contribution is -2.15. The number of methoxy groups -OCH3 is 1. The van der Waals surface area contributed by atoms with Gasteiger partial charge in [-0.3, -0.25) is 0 Å². The highest BCUT2D eigenvalue weighted by molar-refractivity contribution is 5.82. The van der Waals surface area contributed by atoms with Crippen molar-refractivity contribution in [3.63, 3.8) is 0 Å². The molecule has 3 N–H and O–H groups in total. The molecule has 0 bridgehead atoms. The van der Waals surface area contributed by atoms with Crippen LogP contribution in [0.2, 0.25) is 0 Å². The van der Waals surface area contributed by atoms with Crippen LogP contribution in [0.4, 0.5) is 5.82 Å². The molecule has 126 valence electrons. The van der Waals surface area contributed by atoms with Gasteiger partial charge in [-0.25, -0.2) is 4.98 Å². The molecule has 0 spiro atoms. The lowest BCUT2D eigenvalue weighted by molar-refractivity contribution is 0.141. The highest BCUT2D eigenvalue weighted by Gasteiger charge is 2.19. The van der Waals surface area contributed by atoms with Gasteiger partial charge >= 0.3 is 6.01 Å². The van der Waals surface area contributed by atoms with E-state index in [2.05, 4.69) is 15.0 Å². The maximum absolute atomic E-state index is 9.85. The molecule has 0 aliphatic rings. The van der Waals surface area contributed by atoms with Crippen LogP contribution in [-0.2, 0) is 4.74 Å². The van der Waals surface area contributed by atoms with Crippen LogP contribution in [0.1, 0.15) is 11.6 Å². The van der Waals surface area contributed by atoms with Gasteiger partial charge in [-0.2, -0.15) is 9.97 Å². The quantitative estimate of drug-likeness (QED) is 0.623. The number of aliphatic hydroxyl groups excluding tert-OH is 1. The highest BCUT2D eigenvalue weighted by Crippen LogP contribution is 2.25. The second-order valence-corrected chi connectivity index (χ2v) is 5.17. The van der Waals surface area contributed by atoms with E-state index in [1.807, 2.05) is 30.3 Å². The van der Waals surface area contributed by atoms with Crippen LogP contribution in [0, 0.1) is 0 Å². The summed E-state index contributed by atoms with van der Waals surface area (Å²) in [5.41, 5.74) is 7.88. The summed E-state index contributed by atoms with van der Waals surface area (Å²) in [6.45, 7) is 0.640. The van der Waals surface area contributed by atoms with Gasteiger partial charge in [-0.1, -0.05) is 30.3 Å². The summed E-state index contributed by atoms with van der Waals surface area (Å²) in [6, 6.07) is 9.46. The van der Waals surface area contributed by atoms with Crippen LogP contribution in [0.3, 0.4) is 0 Å². The molecule has 2 heterocycles. The number of nitrogens with two attached hydrogens (primary N) is 1. The van der Waals surface area contributed by atoms with E-state index < -0.39 is 0 Å². The van der Waals surface area contributed by atoms with Crippen molar-refractivity contribution in [3.05, 3.63) is 42.2 Å². The minimum atomic E-state index is -0.322. The van der Waals surface area contributed by atoms with Gasteiger partial charge in [0.15, 0.2) is 17.0 Å². The maximum atomic E-state index is 9.85. The molecule has 3 rings (SSSR count). The summed E-state index contributed by atoms with van der Waals surface area (Å²) in [6.07, 6.45) is 1.60. The molecule has 0 saturated heterocycles. The Hall–Kier alpha value is -2.71. The van der Waals surface area contributed by atoms with Gasteiger partial charge in [0.1, 0.15) is 6.61 Å². The van der Waals surface area contributed by atoms with Crippen LogP contribution in [0.25, 0.3) is 11.2 Å². The molecule has 24 heavy (non-hydrogen) atoms. The zero-order valence-electron chi connectivity index (χ0n) is 13.3. The number of imidazole rings is 1. The summed E-state index contributed by atoms with van der Waals surface area (Å²) in [7, 11) is 1.59. The molecule has 0 radical (unpaired) electrons. The number of rotatable bonds is 7. The lowest BCUT2D eigenvalue weighted by Gasteiger charge is -2.17. The normalized spacial score (nSPS) is 12.4. The van der Waals surface area contributed by atoms with Crippen molar-refractivity contribution in [2.24, 2.45) is 0 Å². The smallest absolute Gasteiger partial charge is 0.320 e. The number of aromatic nitrogens is 4. The van der Waals surface area contributed by atoms with Crippen LogP contribution < -0.4 is 10.5 Å². The number of benzene rings is 1. The first-order valence-corrected chi connectivity index (χ1v) is 7.52. The first-order valence-electron chi connectivity index (χ1n) is 7.52. The summed E-state index contributed by atoms with van der Waals surface area (Å²) in [5, 5.41) is 9.85. The van der Waals surface area contributed by atoms with Gasteiger partial charge in [0, 0.05) is 7.11 Å². The van der Waals surface area contributed by atoms with Crippen molar-refractivity contribution in [1.82, 2.24) is 19.5 Å².